The number of hydrogen-bond acceptors (Lipinski definition) is 5. The van der Waals surface area contributed by atoms with Crippen molar-refractivity contribution in [1.82, 2.24) is 14.5 Å². The number of benzene rings is 3. The van der Waals surface area contributed by atoms with Crippen LogP contribution >= 0.6 is 11.3 Å². The van der Waals surface area contributed by atoms with Gasteiger partial charge in [-0.2, -0.15) is 0 Å². The molecule has 0 atom stereocenters. The Balaban J connectivity index is 1.18. The van der Waals surface area contributed by atoms with Crippen molar-refractivity contribution in [3.63, 3.8) is 0 Å². The minimum atomic E-state index is -0.212. The molecular weight excluding hydrogens is 446 g/mol. The van der Waals surface area contributed by atoms with Gasteiger partial charge in [0.2, 0.25) is 5.91 Å². The summed E-state index contributed by atoms with van der Waals surface area (Å²) in [5, 5.41) is 8.24. The van der Waals surface area contributed by atoms with E-state index in [9.17, 15) is 9.59 Å². The molecule has 2 amide bonds. The van der Waals surface area contributed by atoms with E-state index < -0.39 is 0 Å². The second-order valence-corrected chi connectivity index (χ2v) is 8.92. The van der Waals surface area contributed by atoms with Gasteiger partial charge >= 0.3 is 0 Å². The Morgan fingerprint density at radius 3 is 2.76 bits per heavy atom. The van der Waals surface area contributed by atoms with Crippen LogP contribution in [0.25, 0.3) is 28.0 Å². The molecule has 1 aliphatic rings. The predicted molar refractivity (Wildman–Crippen MR) is 134 cm³/mol. The zero-order valence-electron chi connectivity index (χ0n) is 18.0. The molecule has 0 radical (unpaired) electrons. The molecule has 7 nitrogen and oxygen atoms in total. The van der Waals surface area contributed by atoms with E-state index in [-0.39, 0.29) is 11.8 Å². The van der Waals surface area contributed by atoms with Gasteiger partial charge in [-0.05, 0) is 60.5 Å². The molecule has 3 aromatic carbocycles. The summed E-state index contributed by atoms with van der Waals surface area (Å²) in [6.07, 6.45) is 2.99. The number of fused-ring (bicyclic) bond motifs is 2. The maximum atomic E-state index is 12.8. The van der Waals surface area contributed by atoms with Gasteiger partial charge in [0, 0.05) is 34.3 Å². The molecular formula is C26H19N5O2S. The van der Waals surface area contributed by atoms with Crippen LogP contribution in [0.5, 0.6) is 0 Å². The molecule has 0 fully saturated rings. The Kier molecular flexibility index (Phi) is 4.92. The van der Waals surface area contributed by atoms with Crippen LogP contribution in [0.2, 0.25) is 0 Å². The summed E-state index contributed by atoms with van der Waals surface area (Å²) in [6, 6.07) is 21.2. The summed E-state index contributed by atoms with van der Waals surface area (Å²) < 4.78 is 1.99. The first-order chi connectivity index (χ1) is 16.6. The highest BCUT2D eigenvalue weighted by Gasteiger charge is 2.16. The molecule has 8 heteroatoms. The lowest BCUT2D eigenvalue weighted by Crippen LogP contribution is -2.18. The van der Waals surface area contributed by atoms with E-state index in [4.69, 9.17) is 0 Å². The van der Waals surface area contributed by atoms with Crippen LogP contribution in [-0.4, -0.2) is 26.3 Å². The van der Waals surface area contributed by atoms with E-state index in [1.54, 1.807) is 18.5 Å². The fourth-order valence-electron chi connectivity index (χ4n) is 4.11. The summed E-state index contributed by atoms with van der Waals surface area (Å²) in [6.45, 7) is 0. The van der Waals surface area contributed by atoms with Gasteiger partial charge in [-0.25, -0.2) is 9.97 Å². The van der Waals surface area contributed by atoms with Crippen LogP contribution in [-0.2, 0) is 11.2 Å². The largest absolute Gasteiger partial charge is 0.326 e. The van der Waals surface area contributed by atoms with E-state index in [0.717, 1.165) is 39.2 Å². The van der Waals surface area contributed by atoms with Crippen LogP contribution in [0.4, 0.5) is 10.8 Å². The average molecular weight is 466 g/mol. The Labute approximate surface area is 199 Å². The molecule has 166 valence electrons. The molecule has 1 aliphatic heterocycles. The molecule has 2 N–H and O–H groups in total. The van der Waals surface area contributed by atoms with E-state index in [1.807, 2.05) is 64.5 Å². The third-order valence-corrected chi connectivity index (χ3v) is 6.64. The number of hydrogen-bond donors (Lipinski definition) is 2. The second kappa shape index (κ2) is 8.24. The minimum absolute atomic E-state index is 0.0466. The molecule has 0 saturated heterocycles. The molecule has 3 heterocycles. The highest BCUT2D eigenvalue weighted by molar-refractivity contribution is 7.14. The number of nitrogens with zero attached hydrogens (tertiary/aromatic N) is 3. The van der Waals surface area contributed by atoms with Gasteiger partial charge in [0.05, 0.1) is 16.7 Å². The van der Waals surface area contributed by atoms with E-state index >= 15 is 0 Å². The van der Waals surface area contributed by atoms with Crippen LogP contribution in [0.1, 0.15) is 22.3 Å². The minimum Gasteiger partial charge on any atom is -0.326 e. The van der Waals surface area contributed by atoms with Gasteiger partial charge in [-0.15, -0.1) is 11.3 Å². The van der Waals surface area contributed by atoms with Gasteiger partial charge in [0.1, 0.15) is 6.33 Å². The van der Waals surface area contributed by atoms with Crippen LogP contribution in [0, 0.1) is 0 Å². The zero-order chi connectivity index (χ0) is 23.1. The molecule has 0 aliphatic carbocycles. The summed E-state index contributed by atoms with van der Waals surface area (Å²) in [4.78, 5) is 33.4. The maximum Gasteiger partial charge on any atom is 0.257 e. The van der Waals surface area contributed by atoms with Crippen LogP contribution < -0.4 is 10.6 Å². The van der Waals surface area contributed by atoms with Crippen molar-refractivity contribution in [3.05, 3.63) is 89.6 Å². The van der Waals surface area contributed by atoms with Crippen molar-refractivity contribution in [2.45, 2.75) is 12.8 Å². The lowest BCUT2D eigenvalue weighted by atomic mass is 9.99. The molecule has 5 aromatic rings. The van der Waals surface area contributed by atoms with E-state index in [0.29, 0.717) is 23.5 Å². The molecule has 34 heavy (non-hydrogen) atoms. The van der Waals surface area contributed by atoms with Gasteiger partial charge in [0.15, 0.2) is 5.13 Å². The molecule has 6 rings (SSSR count). The Hall–Kier alpha value is -4.30. The highest BCUT2D eigenvalue weighted by Crippen LogP contribution is 2.31. The SMILES string of the molecule is O=C1CCc2cc(-c3csc(NC(=O)c4ccc(-n5cnc6ccccc65)cc4)n3)ccc2N1. The first-order valence-electron chi connectivity index (χ1n) is 10.9. The van der Waals surface area contributed by atoms with Crippen molar-refractivity contribution in [1.29, 1.82) is 0 Å². The number of carbonyl (C=O) groups excluding carboxylic acids is 2. The number of rotatable bonds is 4. The fraction of sp³-hybridized carbons (Fsp3) is 0.0769. The van der Waals surface area contributed by atoms with Gasteiger partial charge in [-0.3, -0.25) is 19.5 Å². The molecule has 0 bridgehead atoms. The zero-order valence-corrected chi connectivity index (χ0v) is 18.8. The average Bonchev–Trinajstić information content (AvgIpc) is 3.51. The van der Waals surface area contributed by atoms with E-state index in [2.05, 4.69) is 20.6 Å². The maximum absolute atomic E-state index is 12.8. The highest BCUT2D eigenvalue weighted by atomic mass is 32.1. The summed E-state index contributed by atoms with van der Waals surface area (Å²) in [5.74, 6) is -0.165. The number of aromatic nitrogens is 3. The topological polar surface area (TPSA) is 88.9 Å². The van der Waals surface area contributed by atoms with Crippen molar-refractivity contribution in [3.8, 4) is 16.9 Å². The molecule has 2 aromatic heterocycles. The van der Waals surface area contributed by atoms with Gasteiger partial charge in [-0.1, -0.05) is 18.2 Å². The fourth-order valence-corrected chi connectivity index (χ4v) is 4.83. The van der Waals surface area contributed by atoms with Crippen molar-refractivity contribution in [2.24, 2.45) is 0 Å². The second-order valence-electron chi connectivity index (χ2n) is 8.06. The molecule has 0 spiro atoms. The Morgan fingerprint density at radius 2 is 1.88 bits per heavy atom. The quantitative estimate of drug-likeness (QED) is 0.378. The normalized spacial score (nSPS) is 12.9. The standard InChI is InChI=1S/C26H19N5O2S/c32-24-12-8-17-13-18(7-11-20(17)28-24)22-14-34-26(29-22)30-25(33)16-5-9-19(10-6-16)31-15-27-21-3-1-2-4-23(21)31/h1-7,9-11,13-15H,8,12H2,(H,28,32)(H,29,30,33). The smallest absolute Gasteiger partial charge is 0.257 e. The molecule has 0 unspecified atom stereocenters. The lowest BCUT2D eigenvalue weighted by molar-refractivity contribution is -0.116. The van der Waals surface area contributed by atoms with Crippen molar-refractivity contribution in [2.75, 3.05) is 10.6 Å². The number of para-hydroxylation sites is 2. The van der Waals surface area contributed by atoms with Crippen LogP contribution in [0.15, 0.2) is 78.4 Å². The summed E-state index contributed by atoms with van der Waals surface area (Å²) in [7, 11) is 0. The number of carbonyl (C=O) groups is 2. The third kappa shape index (κ3) is 3.74. The Bertz CT molecular complexity index is 1550. The number of aryl methyl sites for hydroxylation is 1. The number of amides is 2. The van der Waals surface area contributed by atoms with Crippen molar-refractivity contribution < 1.29 is 9.59 Å². The third-order valence-electron chi connectivity index (χ3n) is 5.88. The van der Waals surface area contributed by atoms with E-state index in [1.165, 1.54) is 11.3 Å². The van der Waals surface area contributed by atoms with Gasteiger partial charge < -0.3 is 5.32 Å². The van der Waals surface area contributed by atoms with Gasteiger partial charge in [0.25, 0.3) is 5.91 Å². The summed E-state index contributed by atoms with van der Waals surface area (Å²) >= 11 is 1.38. The number of thiazole rings is 1. The number of anilines is 2. The lowest BCUT2D eigenvalue weighted by Gasteiger charge is -2.17. The van der Waals surface area contributed by atoms with Crippen LogP contribution in [0.3, 0.4) is 0 Å². The first-order valence-corrected chi connectivity index (χ1v) is 11.7. The first kappa shape index (κ1) is 20.3. The predicted octanol–water partition coefficient (Wildman–Crippen LogP) is 5.29. The summed E-state index contributed by atoms with van der Waals surface area (Å²) in [5.41, 5.74) is 7.13. The Morgan fingerprint density at radius 1 is 1.03 bits per heavy atom. The monoisotopic (exact) mass is 465 g/mol. The van der Waals surface area contributed by atoms with Crippen molar-refractivity contribution >= 4 is 45.0 Å². The molecule has 0 saturated carbocycles. The number of nitrogens with one attached hydrogen (secondary N) is 2. The number of imidazole rings is 1.